The maximum Gasteiger partial charge on any atom is 0.339 e. The van der Waals surface area contributed by atoms with E-state index < -0.39 is 5.97 Å². The van der Waals surface area contributed by atoms with Gasteiger partial charge in [-0.15, -0.1) is 0 Å². The molecule has 0 radical (unpaired) electrons. The van der Waals surface area contributed by atoms with E-state index in [0.29, 0.717) is 30.0 Å². The zero-order chi connectivity index (χ0) is 19.7. The molecule has 4 rings (SSSR count). The molecule has 28 heavy (non-hydrogen) atoms. The lowest BCUT2D eigenvalue weighted by molar-refractivity contribution is 0.0695. The van der Waals surface area contributed by atoms with Crippen LogP contribution in [0.1, 0.15) is 44.4 Å². The number of ether oxygens (including phenoxy) is 1. The molecule has 7 heteroatoms. The summed E-state index contributed by atoms with van der Waals surface area (Å²) in [5, 5.41) is 16.3. The lowest BCUT2D eigenvalue weighted by atomic mass is 10.00. The van der Waals surface area contributed by atoms with E-state index in [0.717, 1.165) is 11.3 Å². The van der Waals surface area contributed by atoms with Gasteiger partial charge in [-0.05, 0) is 37.3 Å². The molecule has 2 aromatic carbocycles. The fourth-order valence-electron chi connectivity index (χ4n) is 3.37. The number of hydrogen-bond acceptors (Lipinski definition) is 4. The fraction of sp³-hybridized carbons (Fsp3) is 0.190. The highest BCUT2D eigenvalue weighted by Gasteiger charge is 2.23. The number of carboxylic acid groups (broad SMARTS) is 1. The predicted octanol–water partition coefficient (Wildman–Crippen LogP) is 3.13. The highest BCUT2D eigenvalue weighted by molar-refractivity contribution is 5.94. The van der Waals surface area contributed by atoms with E-state index in [4.69, 9.17) is 9.84 Å². The highest BCUT2D eigenvalue weighted by atomic mass is 16.5. The first-order chi connectivity index (χ1) is 13.5. The number of nitrogens with zero attached hydrogens (tertiary/aromatic N) is 2. The van der Waals surface area contributed by atoms with Gasteiger partial charge in [-0.3, -0.25) is 4.79 Å². The molecule has 1 atom stereocenters. The molecule has 1 amide bonds. The van der Waals surface area contributed by atoms with Crippen LogP contribution in [0.5, 0.6) is 5.75 Å². The summed E-state index contributed by atoms with van der Waals surface area (Å²) in [7, 11) is 0. The van der Waals surface area contributed by atoms with Crippen LogP contribution in [0.15, 0.2) is 54.7 Å². The SMILES string of the molecule is Cc1c(C(=O)O)cnn1-c1ccc(C(=O)N[C@@H]2CCOc3ccccc32)cc1. The molecule has 142 valence electrons. The Kier molecular flexibility index (Phi) is 4.57. The molecule has 1 aromatic heterocycles. The summed E-state index contributed by atoms with van der Waals surface area (Å²) in [6.45, 7) is 2.26. The molecule has 1 aliphatic rings. The first-order valence-electron chi connectivity index (χ1n) is 8.95. The van der Waals surface area contributed by atoms with Crippen molar-refractivity contribution in [2.45, 2.75) is 19.4 Å². The van der Waals surface area contributed by atoms with Crippen LogP contribution < -0.4 is 10.1 Å². The quantitative estimate of drug-likeness (QED) is 0.729. The molecule has 2 N–H and O–H groups in total. The van der Waals surface area contributed by atoms with Gasteiger partial charge < -0.3 is 15.2 Å². The van der Waals surface area contributed by atoms with E-state index in [1.165, 1.54) is 6.20 Å². The number of amides is 1. The van der Waals surface area contributed by atoms with Crippen molar-refractivity contribution < 1.29 is 19.4 Å². The van der Waals surface area contributed by atoms with E-state index in [2.05, 4.69) is 10.4 Å². The van der Waals surface area contributed by atoms with Crippen molar-refractivity contribution in [3.05, 3.63) is 77.1 Å². The number of aromatic carboxylic acids is 1. The maximum atomic E-state index is 12.7. The van der Waals surface area contributed by atoms with Crippen molar-refractivity contribution in [3.63, 3.8) is 0 Å². The van der Waals surface area contributed by atoms with Gasteiger partial charge in [0, 0.05) is 17.5 Å². The molecule has 0 fully saturated rings. The summed E-state index contributed by atoms with van der Waals surface area (Å²) in [6, 6.07) is 14.5. The van der Waals surface area contributed by atoms with Gasteiger partial charge in [-0.1, -0.05) is 18.2 Å². The third-order valence-electron chi connectivity index (χ3n) is 4.88. The van der Waals surface area contributed by atoms with E-state index >= 15 is 0 Å². The Labute approximate surface area is 161 Å². The summed E-state index contributed by atoms with van der Waals surface area (Å²) in [4.78, 5) is 23.9. The van der Waals surface area contributed by atoms with E-state index in [-0.39, 0.29) is 17.5 Å². The second kappa shape index (κ2) is 7.19. The van der Waals surface area contributed by atoms with Crippen LogP contribution in [-0.4, -0.2) is 33.4 Å². The highest BCUT2D eigenvalue weighted by Crippen LogP contribution is 2.31. The number of rotatable bonds is 4. The number of aromatic nitrogens is 2. The van der Waals surface area contributed by atoms with Crippen molar-refractivity contribution in [1.29, 1.82) is 0 Å². The largest absolute Gasteiger partial charge is 0.493 e. The summed E-state index contributed by atoms with van der Waals surface area (Å²) in [6.07, 6.45) is 2.03. The standard InChI is InChI=1S/C21H19N3O4/c1-13-17(21(26)27)12-22-24(13)15-8-6-14(7-9-15)20(25)23-18-10-11-28-19-5-3-2-4-16(18)19/h2-9,12,18H,10-11H2,1H3,(H,23,25)(H,26,27)/t18-/m1/s1. The third-order valence-corrected chi connectivity index (χ3v) is 4.88. The summed E-state index contributed by atoms with van der Waals surface area (Å²) < 4.78 is 7.17. The lowest BCUT2D eigenvalue weighted by Crippen LogP contribution is -2.32. The van der Waals surface area contributed by atoms with Crippen LogP contribution in [0.2, 0.25) is 0 Å². The van der Waals surface area contributed by atoms with Crippen LogP contribution in [0.3, 0.4) is 0 Å². The number of hydrogen-bond donors (Lipinski definition) is 2. The van der Waals surface area contributed by atoms with Gasteiger partial charge in [0.2, 0.25) is 0 Å². The summed E-state index contributed by atoms with van der Waals surface area (Å²) in [5.74, 6) is -0.383. The normalized spacial score (nSPS) is 15.4. The Morgan fingerprint density at radius 2 is 1.93 bits per heavy atom. The number of carbonyl (C=O) groups excluding carboxylic acids is 1. The molecule has 0 unspecified atom stereocenters. The Morgan fingerprint density at radius 1 is 1.18 bits per heavy atom. The molecule has 1 aliphatic heterocycles. The van der Waals surface area contributed by atoms with Gasteiger partial charge in [0.25, 0.3) is 5.91 Å². The van der Waals surface area contributed by atoms with Gasteiger partial charge in [-0.2, -0.15) is 5.10 Å². The number of benzene rings is 2. The average molecular weight is 377 g/mol. The molecule has 0 saturated heterocycles. The Balaban J connectivity index is 1.52. The van der Waals surface area contributed by atoms with E-state index in [9.17, 15) is 9.59 Å². The fourth-order valence-corrected chi connectivity index (χ4v) is 3.37. The van der Waals surface area contributed by atoms with Crippen molar-refractivity contribution >= 4 is 11.9 Å². The van der Waals surface area contributed by atoms with Gasteiger partial charge in [0.1, 0.15) is 11.3 Å². The maximum absolute atomic E-state index is 12.7. The topological polar surface area (TPSA) is 93.5 Å². The van der Waals surface area contributed by atoms with Crippen molar-refractivity contribution in [2.75, 3.05) is 6.61 Å². The second-order valence-corrected chi connectivity index (χ2v) is 6.61. The number of carboxylic acids is 1. The van der Waals surface area contributed by atoms with Crippen LogP contribution >= 0.6 is 0 Å². The Bertz CT molecular complexity index is 1040. The summed E-state index contributed by atoms with van der Waals surface area (Å²) >= 11 is 0. The molecule has 7 nitrogen and oxygen atoms in total. The number of carbonyl (C=O) groups is 2. The average Bonchev–Trinajstić information content (AvgIpc) is 3.10. The minimum Gasteiger partial charge on any atom is -0.493 e. The van der Waals surface area contributed by atoms with Gasteiger partial charge >= 0.3 is 5.97 Å². The Morgan fingerprint density at radius 3 is 2.64 bits per heavy atom. The van der Waals surface area contributed by atoms with E-state index in [1.54, 1.807) is 35.9 Å². The van der Waals surface area contributed by atoms with Crippen LogP contribution in [0.4, 0.5) is 0 Å². The molecule has 3 aromatic rings. The minimum atomic E-state index is -1.02. The molecule has 0 spiro atoms. The lowest BCUT2D eigenvalue weighted by Gasteiger charge is -2.26. The second-order valence-electron chi connectivity index (χ2n) is 6.61. The first-order valence-corrected chi connectivity index (χ1v) is 8.95. The molecule has 2 heterocycles. The van der Waals surface area contributed by atoms with Crippen LogP contribution in [0.25, 0.3) is 5.69 Å². The first kappa shape index (κ1) is 17.8. The molecular weight excluding hydrogens is 358 g/mol. The zero-order valence-electron chi connectivity index (χ0n) is 15.3. The molecule has 0 saturated carbocycles. The van der Waals surface area contributed by atoms with Gasteiger partial charge in [0.15, 0.2) is 0 Å². The van der Waals surface area contributed by atoms with Crippen molar-refractivity contribution in [1.82, 2.24) is 15.1 Å². The third kappa shape index (κ3) is 3.22. The number of fused-ring (bicyclic) bond motifs is 1. The minimum absolute atomic E-state index is 0.0939. The number of para-hydroxylation sites is 1. The zero-order valence-corrected chi connectivity index (χ0v) is 15.3. The molecular formula is C21H19N3O4. The molecule has 0 aliphatic carbocycles. The van der Waals surface area contributed by atoms with Crippen LogP contribution in [-0.2, 0) is 0 Å². The predicted molar refractivity (Wildman–Crippen MR) is 102 cm³/mol. The van der Waals surface area contributed by atoms with Gasteiger partial charge in [0.05, 0.1) is 30.2 Å². The molecule has 0 bridgehead atoms. The van der Waals surface area contributed by atoms with Crippen molar-refractivity contribution in [3.8, 4) is 11.4 Å². The van der Waals surface area contributed by atoms with Crippen molar-refractivity contribution in [2.24, 2.45) is 0 Å². The monoisotopic (exact) mass is 377 g/mol. The Hall–Kier alpha value is -3.61. The smallest absolute Gasteiger partial charge is 0.339 e. The number of nitrogens with one attached hydrogen (secondary N) is 1. The van der Waals surface area contributed by atoms with Crippen LogP contribution in [0, 0.1) is 6.92 Å². The van der Waals surface area contributed by atoms with Gasteiger partial charge in [-0.25, -0.2) is 9.48 Å². The summed E-state index contributed by atoms with van der Waals surface area (Å²) in [5.41, 5.74) is 2.88. The van der Waals surface area contributed by atoms with E-state index in [1.807, 2.05) is 24.3 Å².